The molecule has 0 spiro atoms. The largest absolute Gasteiger partial charge is 0.477 e. The number of carboxylic acid groups (broad SMARTS) is 1. The summed E-state index contributed by atoms with van der Waals surface area (Å²) in [4.78, 5) is 10.9. The maximum absolute atomic E-state index is 10.9. The lowest BCUT2D eigenvalue weighted by Gasteiger charge is -2.04. The van der Waals surface area contributed by atoms with Crippen molar-refractivity contribution < 1.29 is 9.90 Å². The first-order valence-electron chi connectivity index (χ1n) is 4.76. The van der Waals surface area contributed by atoms with Gasteiger partial charge in [-0.1, -0.05) is 12.8 Å². The summed E-state index contributed by atoms with van der Waals surface area (Å²) in [6.07, 6.45) is 5.67. The van der Waals surface area contributed by atoms with Crippen molar-refractivity contribution in [1.29, 1.82) is 0 Å². The standard InChI is InChI=1S/C10H12INO2/c11-8-5-9(10(13)14)12(6-8)4-3-7-1-2-7/h5-7H,1-4H2,(H,13,14). The number of rotatable bonds is 4. The lowest BCUT2D eigenvalue weighted by molar-refractivity contribution is 0.0685. The van der Waals surface area contributed by atoms with Gasteiger partial charge in [-0.15, -0.1) is 0 Å². The van der Waals surface area contributed by atoms with Gasteiger partial charge in [0, 0.05) is 16.3 Å². The van der Waals surface area contributed by atoms with Gasteiger partial charge in [0.1, 0.15) is 5.69 Å². The van der Waals surface area contributed by atoms with Crippen LogP contribution in [0.4, 0.5) is 0 Å². The molecule has 1 aliphatic rings. The number of aromatic nitrogens is 1. The highest BCUT2D eigenvalue weighted by atomic mass is 127. The molecule has 1 heterocycles. The van der Waals surface area contributed by atoms with E-state index in [0.29, 0.717) is 5.69 Å². The van der Waals surface area contributed by atoms with Gasteiger partial charge >= 0.3 is 5.97 Å². The first kappa shape index (κ1) is 10.0. The first-order chi connectivity index (χ1) is 6.66. The lowest BCUT2D eigenvalue weighted by atomic mass is 10.3. The number of hydrogen-bond acceptors (Lipinski definition) is 1. The van der Waals surface area contributed by atoms with Crippen LogP contribution < -0.4 is 0 Å². The maximum Gasteiger partial charge on any atom is 0.352 e. The van der Waals surface area contributed by atoms with Crippen LogP contribution in [0, 0.1) is 9.49 Å². The van der Waals surface area contributed by atoms with E-state index in [4.69, 9.17) is 5.11 Å². The fourth-order valence-corrected chi connectivity index (χ4v) is 2.20. The number of halogens is 1. The summed E-state index contributed by atoms with van der Waals surface area (Å²) in [5.41, 5.74) is 0.412. The van der Waals surface area contributed by atoms with Crippen LogP contribution in [0.3, 0.4) is 0 Å². The molecule has 0 atom stereocenters. The molecule has 0 radical (unpaired) electrons. The molecule has 0 saturated heterocycles. The Morgan fingerprint density at radius 3 is 2.93 bits per heavy atom. The number of hydrogen-bond donors (Lipinski definition) is 1. The zero-order valence-corrected chi connectivity index (χ0v) is 9.90. The predicted octanol–water partition coefficient (Wildman–Crippen LogP) is 2.59. The molecule has 1 fully saturated rings. The van der Waals surface area contributed by atoms with Crippen LogP contribution in [0.1, 0.15) is 29.8 Å². The van der Waals surface area contributed by atoms with Crippen molar-refractivity contribution in [3.63, 3.8) is 0 Å². The molecule has 1 aliphatic carbocycles. The molecule has 0 unspecified atom stereocenters. The van der Waals surface area contributed by atoms with Crippen LogP contribution in [0.2, 0.25) is 0 Å². The van der Waals surface area contributed by atoms with Crippen molar-refractivity contribution in [3.8, 4) is 0 Å². The van der Waals surface area contributed by atoms with Crippen LogP contribution in [-0.2, 0) is 6.54 Å². The predicted molar refractivity (Wildman–Crippen MR) is 61.4 cm³/mol. The third-order valence-electron chi connectivity index (χ3n) is 2.56. The van der Waals surface area contributed by atoms with E-state index < -0.39 is 5.97 Å². The Kier molecular flexibility index (Phi) is 2.80. The molecule has 76 valence electrons. The molecule has 2 rings (SSSR count). The van der Waals surface area contributed by atoms with Gasteiger partial charge in [0.25, 0.3) is 0 Å². The normalized spacial score (nSPS) is 15.8. The van der Waals surface area contributed by atoms with Crippen LogP contribution in [0.5, 0.6) is 0 Å². The third kappa shape index (κ3) is 2.29. The van der Waals surface area contributed by atoms with Gasteiger partial charge in [0.15, 0.2) is 0 Å². The second kappa shape index (κ2) is 3.92. The number of carbonyl (C=O) groups is 1. The molecule has 0 bridgehead atoms. The summed E-state index contributed by atoms with van der Waals surface area (Å²) in [5, 5.41) is 8.94. The van der Waals surface area contributed by atoms with Crippen LogP contribution >= 0.6 is 22.6 Å². The summed E-state index contributed by atoms with van der Waals surface area (Å²) in [6, 6.07) is 1.72. The summed E-state index contributed by atoms with van der Waals surface area (Å²) >= 11 is 2.15. The van der Waals surface area contributed by atoms with Crippen LogP contribution in [0.15, 0.2) is 12.3 Å². The highest BCUT2D eigenvalue weighted by Gasteiger charge is 2.21. The minimum Gasteiger partial charge on any atom is -0.477 e. The van der Waals surface area contributed by atoms with E-state index >= 15 is 0 Å². The molecule has 1 aromatic rings. The van der Waals surface area contributed by atoms with Crippen molar-refractivity contribution in [2.45, 2.75) is 25.8 Å². The minimum atomic E-state index is -0.830. The summed E-state index contributed by atoms with van der Waals surface area (Å²) in [5.74, 6) is 0.0143. The van der Waals surface area contributed by atoms with E-state index in [9.17, 15) is 4.79 Å². The highest BCUT2D eigenvalue weighted by molar-refractivity contribution is 14.1. The highest BCUT2D eigenvalue weighted by Crippen LogP contribution is 2.33. The Hall–Kier alpha value is -0.520. The zero-order chi connectivity index (χ0) is 10.1. The zero-order valence-electron chi connectivity index (χ0n) is 7.74. The fourth-order valence-electron chi connectivity index (χ4n) is 1.57. The molecule has 1 N–H and O–H groups in total. The van der Waals surface area contributed by atoms with Gasteiger partial charge in [-0.05, 0) is 41.0 Å². The average Bonchev–Trinajstić information content (AvgIpc) is 2.86. The van der Waals surface area contributed by atoms with Gasteiger partial charge < -0.3 is 9.67 Å². The monoisotopic (exact) mass is 305 g/mol. The quantitative estimate of drug-likeness (QED) is 0.869. The smallest absolute Gasteiger partial charge is 0.352 e. The molecule has 14 heavy (non-hydrogen) atoms. The van der Waals surface area contributed by atoms with Crippen LogP contribution in [-0.4, -0.2) is 15.6 Å². The van der Waals surface area contributed by atoms with E-state index in [1.807, 2.05) is 10.8 Å². The molecule has 3 nitrogen and oxygen atoms in total. The van der Waals surface area contributed by atoms with Gasteiger partial charge in [-0.2, -0.15) is 0 Å². The number of aryl methyl sites for hydroxylation is 1. The van der Waals surface area contributed by atoms with E-state index in [-0.39, 0.29) is 0 Å². The molecular weight excluding hydrogens is 293 g/mol. The topological polar surface area (TPSA) is 42.2 Å². The minimum absolute atomic E-state index is 0.412. The van der Waals surface area contributed by atoms with E-state index in [2.05, 4.69) is 22.6 Å². The number of aromatic carboxylic acids is 1. The van der Waals surface area contributed by atoms with Crippen molar-refractivity contribution in [2.75, 3.05) is 0 Å². The SMILES string of the molecule is O=C(O)c1cc(I)cn1CCC1CC1. The van der Waals surface area contributed by atoms with Crippen LogP contribution in [0.25, 0.3) is 0 Å². The second-order valence-corrected chi connectivity index (χ2v) is 5.02. The summed E-state index contributed by atoms with van der Waals surface area (Å²) < 4.78 is 2.85. The molecule has 0 aromatic carbocycles. The molecule has 0 aliphatic heterocycles. The molecular formula is C10H12INO2. The average molecular weight is 305 g/mol. The van der Waals surface area contributed by atoms with Crippen molar-refractivity contribution in [1.82, 2.24) is 4.57 Å². The number of carboxylic acids is 1. The molecule has 0 amide bonds. The van der Waals surface area contributed by atoms with E-state index in [1.165, 1.54) is 12.8 Å². The van der Waals surface area contributed by atoms with Crippen molar-refractivity contribution >= 4 is 28.6 Å². The van der Waals surface area contributed by atoms with Gasteiger partial charge in [0.05, 0.1) is 0 Å². The second-order valence-electron chi connectivity index (χ2n) is 3.77. The Balaban J connectivity index is 2.09. The van der Waals surface area contributed by atoms with E-state index in [1.54, 1.807) is 6.07 Å². The Labute approximate surface area is 96.3 Å². The Bertz CT molecular complexity index is 355. The Morgan fingerprint density at radius 2 is 2.36 bits per heavy atom. The third-order valence-corrected chi connectivity index (χ3v) is 3.15. The maximum atomic E-state index is 10.9. The first-order valence-corrected chi connectivity index (χ1v) is 5.83. The number of nitrogens with zero attached hydrogens (tertiary/aromatic N) is 1. The lowest BCUT2D eigenvalue weighted by Crippen LogP contribution is -2.07. The molecule has 1 aromatic heterocycles. The molecule has 4 heteroatoms. The van der Waals surface area contributed by atoms with Gasteiger partial charge in [0.2, 0.25) is 0 Å². The molecule has 1 saturated carbocycles. The summed E-state index contributed by atoms with van der Waals surface area (Å²) in [6.45, 7) is 0.843. The van der Waals surface area contributed by atoms with Gasteiger partial charge in [-0.25, -0.2) is 4.79 Å². The van der Waals surface area contributed by atoms with E-state index in [0.717, 1.165) is 22.5 Å². The Morgan fingerprint density at radius 1 is 1.64 bits per heavy atom. The van der Waals surface area contributed by atoms with Crippen molar-refractivity contribution in [2.24, 2.45) is 5.92 Å². The summed E-state index contributed by atoms with van der Waals surface area (Å²) in [7, 11) is 0. The fraction of sp³-hybridized carbons (Fsp3) is 0.500. The van der Waals surface area contributed by atoms with Gasteiger partial charge in [-0.3, -0.25) is 0 Å². The van der Waals surface area contributed by atoms with Crippen molar-refractivity contribution in [3.05, 3.63) is 21.5 Å².